The van der Waals surface area contributed by atoms with Gasteiger partial charge in [0.05, 0.1) is 12.6 Å². The molecule has 1 atom stereocenters. The maximum Gasteiger partial charge on any atom is 0.401 e. The Bertz CT molecular complexity index is 440. The number of nitrogens with zero attached hydrogens (tertiary/aromatic N) is 1. The second-order valence-corrected chi connectivity index (χ2v) is 5.78. The summed E-state index contributed by atoms with van der Waals surface area (Å²) in [6.45, 7) is 1.19. The highest BCUT2D eigenvalue weighted by Crippen LogP contribution is 2.31. The van der Waals surface area contributed by atoms with Gasteiger partial charge in [0.2, 0.25) is 0 Å². The van der Waals surface area contributed by atoms with E-state index in [-0.39, 0.29) is 12.6 Å². The molecule has 1 fully saturated rings. The molecule has 5 heteroatoms. The van der Waals surface area contributed by atoms with Crippen LogP contribution in [0.3, 0.4) is 0 Å². The van der Waals surface area contributed by atoms with E-state index in [4.69, 9.17) is 0 Å². The largest absolute Gasteiger partial charge is 0.401 e. The minimum absolute atomic E-state index is 0.0272. The molecule has 1 N–H and O–H groups in total. The van der Waals surface area contributed by atoms with Crippen LogP contribution >= 0.6 is 0 Å². The van der Waals surface area contributed by atoms with E-state index in [9.17, 15) is 18.3 Å². The lowest BCUT2D eigenvalue weighted by molar-refractivity contribution is -0.149. The van der Waals surface area contributed by atoms with E-state index in [1.54, 1.807) is 0 Å². The number of aliphatic hydroxyl groups excluding tert-OH is 1. The van der Waals surface area contributed by atoms with Gasteiger partial charge in [-0.05, 0) is 30.4 Å². The van der Waals surface area contributed by atoms with Crippen molar-refractivity contribution in [2.24, 2.45) is 0 Å². The standard InChI is InChI=1S/C16H22F3NO/c1-2-3-12-4-6-13(7-5-12)15(21)10-20(14-8-9-14)11-16(17,18)19/h4-7,14-15,21H,2-3,8-11H2,1H3. The molecule has 1 aromatic rings. The van der Waals surface area contributed by atoms with Gasteiger partial charge in [0.25, 0.3) is 0 Å². The van der Waals surface area contributed by atoms with Crippen molar-refractivity contribution >= 4 is 0 Å². The number of hydrogen-bond donors (Lipinski definition) is 1. The highest BCUT2D eigenvalue weighted by atomic mass is 19.4. The van der Waals surface area contributed by atoms with Gasteiger partial charge in [0.1, 0.15) is 0 Å². The molecule has 0 saturated heterocycles. The van der Waals surface area contributed by atoms with Crippen molar-refractivity contribution in [3.63, 3.8) is 0 Å². The highest BCUT2D eigenvalue weighted by molar-refractivity contribution is 5.24. The normalized spacial score (nSPS) is 17.2. The third-order valence-corrected chi connectivity index (χ3v) is 3.76. The van der Waals surface area contributed by atoms with Crippen LogP contribution in [-0.2, 0) is 6.42 Å². The van der Waals surface area contributed by atoms with E-state index in [2.05, 4.69) is 6.92 Å². The minimum atomic E-state index is -4.21. The van der Waals surface area contributed by atoms with Crippen LogP contribution in [-0.4, -0.2) is 35.3 Å². The molecule has 21 heavy (non-hydrogen) atoms. The van der Waals surface area contributed by atoms with Crippen LogP contribution in [0.2, 0.25) is 0 Å². The summed E-state index contributed by atoms with van der Waals surface area (Å²) < 4.78 is 37.7. The van der Waals surface area contributed by atoms with Crippen molar-refractivity contribution in [1.82, 2.24) is 4.90 Å². The summed E-state index contributed by atoms with van der Waals surface area (Å²) in [6.07, 6.45) is -1.49. The SMILES string of the molecule is CCCc1ccc(C(O)CN(CC(F)(F)F)C2CC2)cc1. The van der Waals surface area contributed by atoms with E-state index in [0.717, 1.165) is 25.7 Å². The first-order chi connectivity index (χ1) is 9.89. The number of benzene rings is 1. The predicted octanol–water partition coefficient (Wildman–Crippen LogP) is 3.70. The van der Waals surface area contributed by atoms with Crippen LogP contribution in [0.5, 0.6) is 0 Å². The Morgan fingerprint density at radius 2 is 1.86 bits per heavy atom. The van der Waals surface area contributed by atoms with Gasteiger partial charge in [-0.1, -0.05) is 37.6 Å². The molecule has 0 amide bonds. The van der Waals surface area contributed by atoms with Crippen LogP contribution in [0.15, 0.2) is 24.3 Å². The van der Waals surface area contributed by atoms with Gasteiger partial charge < -0.3 is 5.11 Å². The fraction of sp³-hybridized carbons (Fsp3) is 0.625. The molecule has 1 saturated carbocycles. The van der Waals surface area contributed by atoms with Gasteiger partial charge in [-0.15, -0.1) is 0 Å². The second-order valence-electron chi connectivity index (χ2n) is 5.78. The second kappa shape index (κ2) is 6.79. The summed E-state index contributed by atoms with van der Waals surface area (Å²) in [5, 5.41) is 10.2. The fourth-order valence-corrected chi connectivity index (χ4v) is 2.54. The summed E-state index contributed by atoms with van der Waals surface area (Å²) in [4.78, 5) is 1.35. The first-order valence-corrected chi connectivity index (χ1v) is 7.46. The molecule has 2 rings (SSSR count). The van der Waals surface area contributed by atoms with E-state index < -0.39 is 18.8 Å². The maximum atomic E-state index is 12.6. The van der Waals surface area contributed by atoms with Crippen LogP contribution in [0.25, 0.3) is 0 Å². The van der Waals surface area contributed by atoms with Gasteiger partial charge in [0.15, 0.2) is 0 Å². The lowest BCUT2D eigenvalue weighted by atomic mass is 10.0. The van der Waals surface area contributed by atoms with Gasteiger partial charge >= 0.3 is 6.18 Å². The van der Waals surface area contributed by atoms with Crippen molar-refractivity contribution in [2.75, 3.05) is 13.1 Å². The van der Waals surface area contributed by atoms with Gasteiger partial charge in [-0.3, -0.25) is 4.90 Å². The summed E-state index contributed by atoms with van der Waals surface area (Å²) in [5.41, 5.74) is 1.87. The van der Waals surface area contributed by atoms with Crippen molar-refractivity contribution in [1.29, 1.82) is 0 Å². The number of alkyl halides is 3. The molecule has 0 heterocycles. The average Bonchev–Trinajstić information content (AvgIpc) is 3.22. The number of rotatable bonds is 7. The molecule has 0 radical (unpaired) electrons. The number of hydrogen-bond acceptors (Lipinski definition) is 2. The highest BCUT2D eigenvalue weighted by Gasteiger charge is 2.38. The molecule has 0 aliphatic heterocycles. The topological polar surface area (TPSA) is 23.5 Å². The first-order valence-electron chi connectivity index (χ1n) is 7.46. The van der Waals surface area contributed by atoms with Crippen molar-refractivity contribution in [3.8, 4) is 0 Å². The smallest absolute Gasteiger partial charge is 0.387 e. The molecule has 1 aliphatic rings. The molecular formula is C16H22F3NO. The quantitative estimate of drug-likeness (QED) is 0.830. The number of aryl methyl sites for hydroxylation is 1. The van der Waals surface area contributed by atoms with Crippen LogP contribution in [0.1, 0.15) is 43.4 Å². The molecular weight excluding hydrogens is 279 g/mol. The van der Waals surface area contributed by atoms with Gasteiger partial charge in [0, 0.05) is 12.6 Å². The molecule has 0 spiro atoms. The summed E-state index contributed by atoms with van der Waals surface area (Å²) in [6, 6.07) is 7.48. The molecule has 1 aliphatic carbocycles. The third kappa shape index (κ3) is 5.32. The predicted molar refractivity (Wildman–Crippen MR) is 76.0 cm³/mol. The fourth-order valence-electron chi connectivity index (χ4n) is 2.54. The summed E-state index contributed by atoms with van der Waals surface area (Å²) >= 11 is 0. The molecule has 118 valence electrons. The first kappa shape index (κ1) is 16.3. The zero-order valence-electron chi connectivity index (χ0n) is 12.2. The lowest BCUT2D eigenvalue weighted by Gasteiger charge is -2.26. The Hall–Kier alpha value is -1.07. The van der Waals surface area contributed by atoms with Crippen molar-refractivity contribution in [2.45, 2.75) is 50.9 Å². The molecule has 0 aromatic heterocycles. The Kier molecular flexibility index (Phi) is 5.27. The molecule has 0 bridgehead atoms. The maximum absolute atomic E-state index is 12.6. The average molecular weight is 301 g/mol. The van der Waals surface area contributed by atoms with Gasteiger partial charge in [-0.2, -0.15) is 13.2 Å². The van der Waals surface area contributed by atoms with Crippen LogP contribution in [0.4, 0.5) is 13.2 Å². The van der Waals surface area contributed by atoms with Crippen molar-refractivity contribution < 1.29 is 18.3 Å². The van der Waals surface area contributed by atoms with E-state index >= 15 is 0 Å². The monoisotopic (exact) mass is 301 g/mol. The molecule has 2 nitrogen and oxygen atoms in total. The Labute approximate surface area is 123 Å². The summed E-state index contributed by atoms with van der Waals surface area (Å²) in [5.74, 6) is 0. The van der Waals surface area contributed by atoms with Crippen LogP contribution < -0.4 is 0 Å². The van der Waals surface area contributed by atoms with Gasteiger partial charge in [-0.25, -0.2) is 0 Å². The van der Waals surface area contributed by atoms with E-state index in [1.807, 2.05) is 24.3 Å². The number of aliphatic hydroxyl groups is 1. The van der Waals surface area contributed by atoms with E-state index in [1.165, 1.54) is 10.5 Å². The third-order valence-electron chi connectivity index (χ3n) is 3.76. The van der Waals surface area contributed by atoms with E-state index in [0.29, 0.717) is 5.56 Å². The zero-order valence-corrected chi connectivity index (χ0v) is 12.2. The Balaban J connectivity index is 1.96. The number of halogens is 3. The molecule has 1 unspecified atom stereocenters. The lowest BCUT2D eigenvalue weighted by Crippen LogP contribution is -2.38. The Morgan fingerprint density at radius 3 is 2.33 bits per heavy atom. The zero-order chi connectivity index (χ0) is 15.5. The molecule has 1 aromatic carbocycles. The minimum Gasteiger partial charge on any atom is -0.387 e. The van der Waals surface area contributed by atoms with Crippen LogP contribution in [0, 0.1) is 0 Å². The summed E-state index contributed by atoms with van der Waals surface area (Å²) in [7, 11) is 0. The van der Waals surface area contributed by atoms with Crippen molar-refractivity contribution in [3.05, 3.63) is 35.4 Å². The Morgan fingerprint density at radius 1 is 1.24 bits per heavy atom.